The highest BCUT2D eigenvalue weighted by atomic mass is 35.5. The van der Waals surface area contributed by atoms with Gasteiger partial charge in [-0.2, -0.15) is 5.10 Å². The lowest BCUT2D eigenvalue weighted by Gasteiger charge is -2.00. The van der Waals surface area contributed by atoms with E-state index in [9.17, 15) is 4.39 Å². The first-order chi connectivity index (χ1) is 6.74. The molecule has 0 saturated carbocycles. The van der Waals surface area contributed by atoms with E-state index in [1.54, 1.807) is 29.2 Å². The van der Waals surface area contributed by atoms with Gasteiger partial charge in [-0.1, -0.05) is 12.1 Å². The number of hydrogen-bond acceptors (Lipinski definition) is 2. The first-order valence-corrected chi connectivity index (χ1v) is 4.26. The van der Waals surface area contributed by atoms with Crippen molar-refractivity contribution in [2.24, 2.45) is 0 Å². The van der Waals surface area contributed by atoms with Crippen molar-refractivity contribution >= 4 is 18.1 Å². The second-order valence-corrected chi connectivity index (χ2v) is 3.10. The molecular weight excluding hydrogens is 217 g/mol. The molecule has 0 spiro atoms. The predicted octanol–water partition coefficient (Wildman–Crippen LogP) is 2.07. The zero-order valence-electron chi connectivity index (χ0n) is 7.93. The van der Waals surface area contributed by atoms with Crippen LogP contribution in [0.2, 0.25) is 0 Å². The third-order valence-corrected chi connectivity index (χ3v) is 1.91. The molecule has 1 aromatic carbocycles. The molecule has 0 aliphatic carbocycles. The monoisotopic (exact) mass is 227 g/mol. The van der Waals surface area contributed by atoms with Crippen LogP contribution in [0.4, 0.5) is 10.1 Å². The summed E-state index contributed by atoms with van der Waals surface area (Å²) in [6, 6.07) is 6.32. The summed E-state index contributed by atoms with van der Waals surface area (Å²) in [6.45, 7) is 0.609. The highest BCUT2D eigenvalue weighted by Gasteiger charge is 1.97. The highest BCUT2D eigenvalue weighted by Crippen LogP contribution is 2.06. The molecule has 0 fully saturated rings. The molecule has 0 aliphatic heterocycles. The molecule has 2 rings (SSSR count). The number of rotatable bonds is 2. The molecule has 0 unspecified atom stereocenters. The van der Waals surface area contributed by atoms with Gasteiger partial charge < -0.3 is 5.73 Å². The Kier molecular flexibility index (Phi) is 3.68. The van der Waals surface area contributed by atoms with E-state index < -0.39 is 0 Å². The molecule has 0 atom stereocenters. The summed E-state index contributed by atoms with van der Waals surface area (Å²) < 4.78 is 14.3. The highest BCUT2D eigenvalue weighted by molar-refractivity contribution is 5.85. The number of aromatic nitrogens is 2. The van der Waals surface area contributed by atoms with Gasteiger partial charge in [-0.15, -0.1) is 12.4 Å². The minimum Gasteiger partial charge on any atom is -0.396 e. The number of nitrogens with two attached hydrogens (primary N) is 1. The average molecular weight is 228 g/mol. The molecule has 1 heterocycles. The largest absolute Gasteiger partial charge is 0.396 e. The minimum absolute atomic E-state index is 0. The Hall–Kier alpha value is -1.55. The number of halogens is 2. The minimum atomic E-state index is -0.228. The van der Waals surface area contributed by atoms with Crippen molar-refractivity contribution in [1.29, 1.82) is 0 Å². The van der Waals surface area contributed by atoms with Gasteiger partial charge in [0, 0.05) is 6.20 Å². The van der Waals surface area contributed by atoms with Gasteiger partial charge >= 0.3 is 0 Å². The molecule has 15 heavy (non-hydrogen) atoms. The van der Waals surface area contributed by atoms with Crippen LogP contribution >= 0.6 is 12.4 Å². The molecule has 0 radical (unpaired) electrons. The van der Waals surface area contributed by atoms with Gasteiger partial charge in [0.1, 0.15) is 5.82 Å². The van der Waals surface area contributed by atoms with Crippen LogP contribution in [0.5, 0.6) is 0 Å². The molecular formula is C10H11ClFN3. The van der Waals surface area contributed by atoms with Gasteiger partial charge in [-0.05, 0) is 17.7 Å². The molecule has 0 saturated heterocycles. The maximum atomic E-state index is 12.6. The molecule has 1 aromatic heterocycles. The zero-order valence-corrected chi connectivity index (χ0v) is 8.75. The number of nitrogens with zero attached hydrogens (tertiary/aromatic N) is 2. The second kappa shape index (κ2) is 4.79. The molecule has 0 bridgehead atoms. The molecule has 0 amide bonds. The summed E-state index contributed by atoms with van der Waals surface area (Å²) in [5.41, 5.74) is 7.14. The van der Waals surface area contributed by atoms with Crippen molar-refractivity contribution < 1.29 is 4.39 Å². The Balaban J connectivity index is 0.00000112. The number of nitrogen functional groups attached to an aromatic ring is 1. The Morgan fingerprint density at radius 3 is 2.47 bits per heavy atom. The molecule has 3 nitrogen and oxygen atoms in total. The standard InChI is InChI=1S/C10H10FN3.ClH/c11-9-3-1-8(2-4-9)6-14-7-10(12)5-13-14;/h1-5,7H,6,12H2;1H. The second-order valence-electron chi connectivity index (χ2n) is 3.10. The third kappa shape index (κ3) is 2.95. The summed E-state index contributed by atoms with van der Waals surface area (Å²) in [7, 11) is 0. The normalized spacial score (nSPS) is 9.67. The lowest BCUT2D eigenvalue weighted by Crippen LogP contribution is -1.99. The summed E-state index contributed by atoms with van der Waals surface area (Å²) in [5, 5.41) is 4.03. The van der Waals surface area contributed by atoms with Gasteiger partial charge in [0.25, 0.3) is 0 Å². The topological polar surface area (TPSA) is 43.8 Å². The van der Waals surface area contributed by atoms with E-state index in [-0.39, 0.29) is 18.2 Å². The summed E-state index contributed by atoms with van der Waals surface area (Å²) in [6.07, 6.45) is 3.33. The van der Waals surface area contributed by atoms with Crippen LogP contribution in [0.15, 0.2) is 36.7 Å². The van der Waals surface area contributed by atoms with Crippen molar-refractivity contribution in [3.63, 3.8) is 0 Å². The number of benzene rings is 1. The van der Waals surface area contributed by atoms with E-state index in [2.05, 4.69) is 5.10 Å². The van der Waals surface area contributed by atoms with E-state index >= 15 is 0 Å². The van der Waals surface area contributed by atoms with Crippen molar-refractivity contribution in [3.05, 3.63) is 48.0 Å². The first kappa shape index (κ1) is 11.5. The van der Waals surface area contributed by atoms with Crippen LogP contribution in [0, 0.1) is 5.82 Å². The Labute approximate surface area is 93.1 Å². The van der Waals surface area contributed by atoms with E-state index in [1.165, 1.54) is 12.1 Å². The molecule has 2 aromatic rings. The van der Waals surface area contributed by atoms with Crippen LogP contribution in [-0.4, -0.2) is 9.78 Å². The Bertz CT molecular complexity index is 424. The van der Waals surface area contributed by atoms with Crippen LogP contribution in [0.3, 0.4) is 0 Å². The SMILES string of the molecule is Cl.Nc1cnn(Cc2ccc(F)cc2)c1. The Morgan fingerprint density at radius 2 is 1.93 bits per heavy atom. The number of anilines is 1. The van der Waals surface area contributed by atoms with Crippen LogP contribution in [0.25, 0.3) is 0 Å². The molecule has 2 N–H and O–H groups in total. The zero-order chi connectivity index (χ0) is 9.97. The van der Waals surface area contributed by atoms with E-state index in [0.29, 0.717) is 12.2 Å². The Morgan fingerprint density at radius 1 is 1.27 bits per heavy atom. The molecule has 80 valence electrons. The lowest BCUT2D eigenvalue weighted by atomic mass is 10.2. The fourth-order valence-corrected chi connectivity index (χ4v) is 1.24. The summed E-state index contributed by atoms with van der Waals surface area (Å²) in [5.74, 6) is -0.228. The lowest BCUT2D eigenvalue weighted by molar-refractivity contribution is 0.624. The maximum Gasteiger partial charge on any atom is 0.123 e. The third-order valence-electron chi connectivity index (χ3n) is 1.91. The van der Waals surface area contributed by atoms with Crippen molar-refractivity contribution in [2.75, 3.05) is 5.73 Å². The van der Waals surface area contributed by atoms with E-state index in [1.807, 2.05) is 0 Å². The van der Waals surface area contributed by atoms with Gasteiger partial charge in [0.2, 0.25) is 0 Å². The average Bonchev–Trinajstić information content (AvgIpc) is 2.56. The fourth-order valence-electron chi connectivity index (χ4n) is 1.24. The molecule has 5 heteroatoms. The maximum absolute atomic E-state index is 12.6. The van der Waals surface area contributed by atoms with Crippen molar-refractivity contribution in [3.8, 4) is 0 Å². The first-order valence-electron chi connectivity index (χ1n) is 4.26. The van der Waals surface area contributed by atoms with Crippen LogP contribution in [-0.2, 0) is 6.54 Å². The van der Waals surface area contributed by atoms with Crippen LogP contribution < -0.4 is 5.73 Å². The predicted molar refractivity (Wildman–Crippen MR) is 59.4 cm³/mol. The fraction of sp³-hybridized carbons (Fsp3) is 0.100. The molecule has 0 aliphatic rings. The van der Waals surface area contributed by atoms with E-state index in [0.717, 1.165) is 5.56 Å². The summed E-state index contributed by atoms with van der Waals surface area (Å²) in [4.78, 5) is 0. The van der Waals surface area contributed by atoms with Gasteiger partial charge in [0.05, 0.1) is 18.4 Å². The van der Waals surface area contributed by atoms with E-state index in [4.69, 9.17) is 5.73 Å². The van der Waals surface area contributed by atoms with Gasteiger partial charge in [0.15, 0.2) is 0 Å². The number of hydrogen-bond donors (Lipinski definition) is 1. The smallest absolute Gasteiger partial charge is 0.123 e. The van der Waals surface area contributed by atoms with Crippen molar-refractivity contribution in [1.82, 2.24) is 9.78 Å². The van der Waals surface area contributed by atoms with Gasteiger partial charge in [-0.25, -0.2) is 4.39 Å². The van der Waals surface area contributed by atoms with Crippen LogP contribution in [0.1, 0.15) is 5.56 Å². The van der Waals surface area contributed by atoms with Gasteiger partial charge in [-0.3, -0.25) is 4.68 Å². The van der Waals surface area contributed by atoms with Crippen molar-refractivity contribution in [2.45, 2.75) is 6.54 Å². The quantitative estimate of drug-likeness (QED) is 0.854. The summed E-state index contributed by atoms with van der Waals surface area (Å²) >= 11 is 0.